The summed E-state index contributed by atoms with van der Waals surface area (Å²) in [4.78, 5) is 41.8. The average Bonchev–Trinajstić information content (AvgIpc) is 2.92. The summed E-state index contributed by atoms with van der Waals surface area (Å²) in [7, 11) is 0. The Bertz CT molecular complexity index is 1130. The summed E-state index contributed by atoms with van der Waals surface area (Å²) >= 11 is 0. The fraction of sp³-hybridized carbons (Fsp3) is 0.640. The average molecular weight is 560 g/mol. The molecule has 0 aromatic heterocycles. The maximum atomic E-state index is 12.3. The zero-order valence-electron chi connectivity index (χ0n) is 22.5. The van der Waals surface area contributed by atoms with Gasteiger partial charge in [-0.05, 0) is 49.2 Å². The summed E-state index contributed by atoms with van der Waals surface area (Å²) in [5, 5.41) is 10.2. The minimum atomic E-state index is -1.24. The van der Waals surface area contributed by atoms with Gasteiger partial charge in [0.25, 0.3) is 0 Å². The normalized spacial score (nSPS) is 28.5. The van der Waals surface area contributed by atoms with Gasteiger partial charge in [0.2, 0.25) is 0 Å². The van der Waals surface area contributed by atoms with Gasteiger partial charge in [-0.15, -0.1) is 0 Å². The molecule has 1 aromatic carbocycles. The van der Waals surface area contributed by atoms with Gasteiger partial charge in [-0.1, -0.05) is 40.6 Å². The molecule has 1 saturated heterocycles. The van der Waals surface area contributed by atoms with E-state index < -0.39 is 66.9 Å². The maximum absolute atomic E-state index is 12.3. The van der Waals surface area contributed by atoms with Gasteiger partial charge in [0.05, 0.1) is 24.2 Å². The highest BCUT2D eigenvalue weighted by atomic mass is 16.7. The zero-order valence-corrected chi connectivity index (χ0v) is 22.5. The first kappa shape index (κ1) is 30.5. The number of hydrogen-bond donors (Lipinski definition) is 1. The van der Waals surface area contributed by atoms with Gasteiger partial charge in [-0.2, -0.15) is 0 Å². The highest BCUT2D eigenvalue weighted by Gasteiger charge is 2.50. The van der Waals surface area contributed by atoms with Crippen molar-refractivity contribution in [3.63, 3.8) is 0 Å². The van der Waals surface area contributed by atoms with Gasteiger partial charge in [-0.3, -0.25) is 9.59 Å². The molecule has 1 N–H and O–H groups in total. The first-order valence-corrected chi connectivity index (χ1v) is 12.9. The van der Waals surface area contributed by atoms with Crippen molar-refractivity contribution >= 4 is 18.0 Å². The van der Waals surface area contributed by atoms with E-state index in [0.717, 1.165) is 5.56 Å². The van der Waals surface area contributed by atoms with Crippen LogP contribution in [0.2, 0.25) is 0 Å². The fourth-order valence-electron chi connectivity index (χ4n) is 4.83. The Morgan fingerprint density at radius 3 is 2.25 bits per heavy atom. The molecule has 1 saturated carbocycles. The summed E-state index contributed by atoms with van der Waals surface area (Å²) in [6, 6.07) is 6.95. The van der Waals surface area contributed by atoms with Gasteiger partial charge in [0, 0.05) is 23.7 Å². The van der Waals surface area contributed by atoms with Gasteiger partial charge < -0.3 is 29.0 Å². The number of ether oxygens (including phenoxy) is 5. The van der Waals surface area contributed by atoms with Crippen molar-refractivity contribution in [1.82, 2.24) is 5.32 Å². The predicted molar refractivity (Wildman–Crippen MR) is 138 cm³/mol. The van der Waals surface area contributed by atoms with Crippen LogP contribution in [0, 0.1) is 0 Å². The van der Waals surface area contributed by atoms with Crippen LogP contribution in [-0.2, 0) is 39.9 Å². The lowest BCUT2D eigenvalue weighted by Gasteiger charge is -2.44. The van der Waals surface area contributed by atoms with Gasteiger partial charge in [0.15, 0.2) is 12.4 Å². The highest BCUT2D eigenvalue weighted by Crippen LogP contribution is 2.34. The molecule has 216 valence electrons. The van der Waals surface area contributed by atoms with E-state index in [1.165, 1.54) is 13.8 Å². The van der Waals surface area contributed by atoms with Crippen molar-refractivity contribution < 1.29 is 38.1 Å². The fourth-order valence-corrected chi connectivity index (χ4v) is 4.83. The van der Waals surface area contributed by atoms with E-state index in [1.54, 1.807) is 6.92 Å². The number of nitrogens with zero attached hydrogens (tertiary/aromatic N) is 6. The van der Waals surface area contributed by atoms with Crippen molar-refractivity contribution in [3.05, 3.63) is 56.8 Å². The molecule has 1 amide bonds. The lowest BCUT2D eigenvalue weighted by molar-refractivity contribution is -0.255. The Labute approximate surface area is 230 Å². The van der Waals surface area contributed by atoms with Crippen molar-refractivity contribution in [2.75, 3.05) is 0 Å². The molecule has 2 fully saturated rings. The van der Waals surface area contributed by atoms with Gasteiger partial charge >= 0.3 is 18.0 Å². The number of rotatable bonds is 10. The Balaban J connectivity index is 1.71. The number of azide groups is 2. The minimum absolute atomic E-state index is 0.0180. The summed E-state index contributed by atoms with van der Waals surface area (Å²) in [5.41, 5.74) is 19.1. The molecule has 1 heterocycles. The van der Waals surface area contributed by atoms with E-state index in [1.807, 2.05) is 30.3 Å². The Kier molecular flexibility index (Phi) is 11.4. The summed E-state index contributed by atoms with van der Waals surface area (Å²) in [6.07, 6.45) is -3.57. The number of amides is 1. The third-order valence-corrected chi connectivity index (χ3v) is 6.57. The molecule has 0 radical (unpaired) electrons. The molecule has 1 aromatic rings. The Morgan fingerprint density at radius 1 is 1.00 bits per heavy atom. The lowest BCUT2D eigenvalue weighted by atomic mass is 9.84. The molecule has 3 rings (SSSR count). The summed E-state index contributed by atoms with van der Waals surface area (Å²) in [6.45, 7) is 4.24. The molecule has 0 spiro atoms. The standard InChI is InChI=1S/C25H33N7O8/c1-14(28-25(35)36-13-17-8-5-4-6-9-17)20-10-7-11-21(39-20)40-23-19(30-32-27)12-18(29-31-26)22(37-15(2)33)24(23)38-16(3)34/h4-6,8-9,14,18-24H,7,10-13H2,1-3H3,(H,28,35)/t14?,18-,19+,20+,21?,22+,23-,24-/m1/s1. The number of nitrogens with one attached hydrogen (secondary N) is 1. The molecule has 1 aliphatic carbocycles. The van der Waals surface area contributed by atoms with Crippen molar-refractivity contribution in [1.29, 1.82) is 0 Å². The molecule has 1 aliphatic heterocycles. The molecule has 15 nitrogen and oxygen atoms in total. The number of carbonyl (C=O) groups is 3. The van der Waals surface area contributed by atoms with Gasteiger partial charge in [0.1, 0.15) is 18.8 Å². The third-order valence-electron chi connectivity index (χ3n) is 6.57. The first-order valence-electron chi connectivity index (χ1n) is 12.9. The highest BCUT2D eigenvalue weighted by molar-refractivity contribution is 5.68. The zero-order chi connectivity index (χ0) is 29.1. The largest absolute Gasteiger partial charge is 0.458 e. The number of hydrogen-bond acceptors (Lipinski definition) is 10. The second-order valence-electron chi connectivity index (χ2n) is 9.56. The maximum Gasteiger partial charge on any atom is 0.407 e. The molecule has 0 bridgehead atoms. The predicted octanol–water partition coefficient (Wildman–Crippen LogP) is 4.21. The lowest BCUT2D eigenvalue weighted by Crippen LogP contribution is -2.59. The van der Waals surface area contributed by atoms with E-state index in [4.69, 9.17) is 29.2 Å². The molecule has 8 atom stereocenters. The summed E-state index contributed by atoms with van der Waals surface area (Å²) < 4.78 is 28.5. The molecular formula is C25H33N7O8. The Hall–Kier alpha value is -4.03. The molecule has 2 unspecified atom stereocenters. The third kappa shape index (κ3) is 8.75. The summed E-state index contributed by atoms with van der Waals surface area (Å²) in [5.74, 6) is -1.39. The van der Waals surface area contributed by atoms with Crippen LogP contribution in [0.4, 0.5) is 4.79 Å². The molecule has 15 heteroatoms. The Morgan fingerprint density at radius 2 is 1.62 bits per heavy atom. The smallest absolute Gasteiger partial charge is 0.407 e. The van der Waals surface area contributed by atoms with Crippen LogP contribution < -0.4 is 5.32 Å². The topological polar surface area (TPSA) is 207 Å². The molecule has 40 heavy (non-hydrogen) atoms. The van der Waals surface area contributed by atoms with E-state index in [-0.39, 0.29) is 13.0 Å². The molecular weight excluding hydrogens is 526 g/mol. The van der Waals surface area contributed by atoms with Crippen LogP contribution >= 0.6 is 0 Å². The molecule has 2 aliphatic rings. The van der Waals surface area contributed by atoms with E-state index in [0.29, 0.717) is 19.3 Å². The van der Waals surface area contributed by atoms with Gasteiger partial charge in [-0.25, -0.2) is 4.79 Å². The first-order chi connectivity index (χ1) is 19.2. The van der Waals surface area contributed by atoms with Crippen LogP contribution in [-0.4, -0.2) is 66.9 Å². The number of alkyl carbamates (subject to hydrolysis) is 1. The number of esters is 2. The minimum Gasteiger partial charge on any atom is -0.458 e. The second kappa shape index (κ2) is 14.9. The second-order valence-corrected chi connectivity index (χ2v) is 9.56. The van der Waals surface area contributed by atoms with Crippen LogP contribution in [0.1, 0.15) is 52.0 Å². The van der Waals surface area contributed by atoms with Crippen molar-refractivity contribution in [2.24, 2.45) is 10.2 Å². The monoisotopic (exact) mass is 559 g/mol. The van der Waals surface area contributed by atoms with Crippen LogP contribution in [0.3, 0.4) is 0 Å². The SMILES string of the molecule is CC(=O)O[C@@H]1[C@@H](OC(C)=O)[C@H](N=[N+]=[N-])C[C@H](N=[N+]=[N-])[C@H]1OC1CCC[C@@H](C(C)NC(=O)OCc2ccccc2)O1. The van der Waals surface area contributed by atoms with Crippen molar-refractivity contribution in [3.8, 4) is 0 Å². The van der Waals surface area contributed by atoms with Crippen LogP contribution in [0.5, 0.6) is 0 Å². The van der Waals surface area contributed by atoms with E-state index >= 15 is 0 Å². The number of benzene rings is 1. The van der Waals surface area contributed by atoms with E-state index in [2.05, 4.69) is 25.4 Å². The van der Waals surface area contributed by atoms with Crippen LogP contribution in [0.15, 0.2) is 40.6 Å². The quantitative estimate of drug-likeness (QED) is 0.144. The number of carbonyl (C=O) groups excluding carboxylic acids is 3. The van der Waals surface area contributed by atoms with E-state index in [9.17, 15) is 19.9 Å². The van der Waals surface area contributed by atoms with Crippen LogP contribution in [0.25, 0.3) is 20.9 Å². The van der Waals surface area contributed by atoms with Crippen molar-refractivity contribution in [2.45, 2.75) is 102 Å².